The highest BCUT2D eigenvalue weighted by molar-refractivity contribution is 14.0. The number of nitrogens with zero attached hydrogens (tertiary/aromatic N) is 2. The number of nitrogens with one attached hydrogen (secondary N) is 3. The van der Waals surface area contributed by atoms with Gasteiger partial charge < -0.3 is 20.7 Å². The van der Waals surface area contributed by atoms with E-state index in [9.17, 15) is 4.79 Å². The number of hydrogen-bond donors (Lipinski definition) is 3. The summed E-state index contributed by atoms with van der Waals surface area (Å²) in [6, 6.07) is 7.52. The highest BCUT2D eigenvalue weighted by Gasteiger charge is 2.09. The van der Waals surface area contributed by atoms with Crippen molar-refractivity contribution in [3.8, 4) is 0 Å². The summed E-state index contributed by atoms with van der Waals surface area (Å²) in [5.74, 6) is 0.735. The summed E-state index contributed by atoms with van der Waals surface area (Å²) in [5.41, 5.74) is 1.73. The Balaban J connectivity index is 0.00000338. The Morgan fingerprint density at radius 1 is 1.19 bits per heavy atom. The third kappa shape index (κ3) is 7.88. The summed E-state index contributed by atoms with van der Waals surface area (Å²) in [5, 5.41) is 9.25. The first-order chi connectivity index (χ1) is 12.2. The smallest absolute Gasteiger partial charge is 0.251 e. The third-order valence-corrected chi connectivity index (χ3v) is 4.03. The van der Waals surface area contributed by atoms with Gasteiger partial charge in [-0.05, 0) is 24.6 Å². The molecule has 1 aromatic carbocycles. The fourth-order valence-corrected chi connectivity index (χ4v) is 2.58. The molecule has 0 saturated carbocycles. The Labute approximate surface area is 173 Å². The number of guanidine groups is 1. The van der Waals surface area contributed by atoms with E-state index in [1.165, 1.54) is 0 Å². The van der Waals surface area contributed by atoms with Crippen LogP contribution in [-0.2, 0) is 11.3 Å². The number of aliphatic imine (C=N–C) groups is 1. The van der Waals surface area contributed by atoms with E-state index in [1.807, 2.05) is 24.3 Å². The van der Waals surface area contributed by atoms with Crippen molar-refractivity contribution in [2.24, 2.45) is 4.99 Å². The quantitative estimate of drug-likeness (QED) is 0.312. The maximum absolute atomic E-state index is 11.6. The molecule has 1 heterocycles. The molecule has 1 aliphatic heterocycles. The molecule has 7 nitrogen and oxygen atoms in total. The van der Waals surface area contributed by atoms with E-state index >= 15 is 0 Å². The van der Waals surface area contributed by atoms with E-state index in [2.05, 4.69) is 32.8 Å². The van der Waals surface area contributed by atoms with Crippen molar-refractivity contribution >= 4 is 35.8 Å². The summed E-state index contributed by atoms with van der Waals surface area (Å²) in [4.78, 5) is 18.6. The lowest BCUT2D eigenvalue weighted by molar-refractivity contribution is 0.0389. The molecule has 0 radical (unpaired) electrons. The molecule has 1 amide bonds. The van der Waals surface area contributed by atoms with Gasteiger partial charge in [0.15, 0.2) is 5.96 Å². The molecular formula is C18H30IN5O2. The fourth-order valence-electron chi connectivity index (χ4n) is 2.58. The summed E-state index contributed by atoms with van der Waals surface area (Å²) >= 11 is 0. The molecule has 2 rings (SSSR count). The van der Waals surface area contributed by atoms with Gasteiger partial charge in [-0.2, -0.15) is 0 Å². The molecular weight excluding hydrogens is 445 g/mol. The minimum absolute atomic E-state index is 0. The van der Waals surface area contributed by atoms with E-state index in [-0.39, 0.29) is 29.9 Å². The topological polar surface area (TPSA) is 78.0 Å². The van der Waals surface area contributed by atoms with Crippen LogP contribution in [0.3, 0.4) is 0 Å². The molecule has 0 atom stereocenters. The van der Waals surface area contributed by atoms with Gasteiger partial charge in [-0.15, -0.1) is 24.0 Å². The average Bonchev–Trinajstić information content (AvgIpc) is 2.66. The van der Waals surface area contributed by atoms with Gasteiger partial charge in [0.25, 0.3) is 5.91 Å². The van der Waals surface area contributed by atoms with E-state index in [1.54, 1.807) is 7.05 Å². The molecule has 1 saturated heterocycles. The molecule has 3 N–H and O–H groups in total. The number of halogens is 1. The van der Waals surface area contributed by atoms with Crippen LogP contribution < -0.4 is 16.0 Å². The predicted octanol–water partition coefficient (Wildman–Crippen LogP) is 1.05. The Hall–Kier alpha value is -1.39. The monoisotopic (exact) mass is 475 g/mol. The zero-order valence-corrected chi connectivity index (χ0v) is 17.9. The highest BCUT2D eigenvalue weighted by atomic mass is 127. The van der Waals surface area contributed by atoms with Crippen LogP contribution in [0.5, 0.6) is 0 Å². The number of ether oxygens (including phenoxy) is 1. The van der Waals surface area contributed by atoms with Crippen molar-refractivity contribution in [2.45, 2.75) is 13.5 Å². The summed E-state index contributed by atoms with van der Waals surface area (Å²) in [6.45, 7) is 8.90. The summed E-state index contributed by atoms with van der Waals surface area (Å²) in [6.07, 6.45) is 0. The number of rotatable bonds is 7. The lowest BCUT2D eigenvalue weighted by Crippen LogP contribution is -2.44. The number of benzene rings is 1. The molecule has 26 heavy (non-hydrogen) atoms. The molecule has 0 aromatic heterocycles. The van der Waals surface area contributed by atoms with Gasteiger partial charge in [-0.3, -0.25) is 9.69 Å². The van der Waals surface area contributed by atoms with Crippen molar-refractivity contribution < 1.29 is 9.53 Å². The maximum atomic E-state index is 11.6. The lowest BCUT2D eigenvalue weighted by atomic mass is 10.1. The standard InChI is InChI=1S/C18H29N5O2.HI/c1-3-20-18(21-8-9-23-10-12-25-13-11-23)22-14-15-4-6-16(7-5-15)17(24)19-2;/h4-7H,3,8-14H2,1-2H3,(H,19,24)(H2,20,21,22);1H. The van der Waals surface area contributed by atoms with Crippen LogP contribution >= 0.6 is 24.0 Å². The molecule has 8 heteroatoms. The van der Waals surface area contributed by atoms with Crippen LogP contribution in [0.2, 0.25) is 0 Å². The van der Waals surface area contributed by atoms with Crippen molar-refractivity contribution in [1.29, 1.82) is 0 Å². The largest absolute Gasteiger partial charge is 0.379 e. The summed E-state index contributed by atoms with van der Waals surface area (Å²) < 4.78 is 5.36. The van der Waals surface area contributed by atoms with Gasteiger partial charge in [0.05, 0.1) is 19.8 Å². The molecule has 0 bridgehead atoms. The first-order valence-electron chi connectivity index (χ1n) is 8.86. The number of carbonyl (C=O) groups is 1. The lowest BCUT2D eigenvalue weighted by Gasteiger charge is -2.26. The van der Waals surface area contributed by atoms with Crippen LogP contribution in [0, 0.1) is 0 Å². The van der Waals surface area contributed by atoms with Gasteiger partial charge >= 0.3 is 0 Å². The molecule has 1 fully saturated rings. The maximum Gasteiger partial charge on any atom is 0.251 e. The highest BCUT2D eigenvalue weighted by Crippen LogP contribution is 2.05. The molecule has 1 aliphatic rings. The van der Waals surface area contributed by atoms with Crippen LogP contribution in [0.15, 0.2) is 29.3 Å². The summed E-state index contributed by atoms with van der Waals surface area (Å²) in [7, 11) is 1.63. The Kier molecular flexibility index (Phi) is 11.2. The minimum atomic E-state index is -0.0758. The molecule has 0 aliphatic carbocycles. The van der Waals surface area contributed by atoms with Crippen molar-refractivity contribution in [3.63, 3.8) is 0 Å². The molecule has 0 spiro atoms. The number of hydrogen-bond acceptors (Lipinski definition) is 4. The molecule has 146 valence electrons. The Morgan fingerprint density at radius 2 is 1.88 bits per heavy atom. The van der Waals surface area contributed by atoms with Gasteiger partial charge in [0.2, 0.25) is 0 Å². The van der Waals surface area contributed by atoms with Gasteiger partial charge in [0, 0.05) is 45.3 Å². The van der Waals surface area contributed by atoms with Gasteiger partial charge in [-0.25, -0.2) is 4.99 Å². The SMILES string of the molecule is CCNC(=NCc1ccc(C(=O)NC)cc1)NCCN1CCOCC1.I. The van der Waals surface area contributed by atoms with E-state index < -0.39 is 0 Å². The first kappa shape index (κ1) is 22.7. The van der Waals surface area contributed by atoms with E-state index in [0.717, 1.165) is 57.5 Å². The molecule has 0 unspecified atom stereocenters. The third-order valence-electron chi connectivity index (χ3n) is 4.03. The second-order valence-electron chi connectivity index (χ2n) is 5.85. The number of morpholine rings is 1. The second-order valence-corrected chi connectivity index (χ2v) is 5.85. The van der Waals surface area contributed by atoms with E-state index in [0.29, 0.717) is 12.1 Å². The first-order valence-corrected chi connectivity index (χ1v) is 8.86. The van der Waals surface area contributed by atoms with Crippen molar-refractivity contribution in [3.05, 3.63) is 35.4 Å². The zero-order valence-electron chi connectivity index (χ0n) is 15.6. The van der Waals surface area contributed by atoms with Crippen LogP contribution in [0.1, 0.15) is 22.8 Å². The second kappa shape index (κ2) is 12.9. The Morgan fingerprint density at radius 3 is 2.50 bits per heavy atom. The Bertz CT molecular complexity index is 559. The minimum Gasteiger partial charge on any atom is -0.379 e. The van der Waals surface area contributed by atoms with Crippen LogP contribution in [0.4, 0.5) is 0 Å². The fraction of sp³-hybridized carbons (Fsp3) is 0.556. The van der Waals surface area contributed by atoms with Crippen LogP contribution in [-0.4, -0.2) is 69.8 Å². The normalized spacial score (nSPS) is 15.1. The average molecular weight is 475 g/mol. The van der Waals surface area contributed by atoms with Gasteiger partial charge in [0.1, 0.15) is 0 Å². The molecule has 1 aromatic rings. The van der Waals surface area contributed by atoms with Crippen molar-refractivity contribution in [2.75, 3.05) is 53.0 Å². The predicted molar refractivity (Wildman–Crippen MR) is 115 cm³/mol. The van der Waals surface area contributed by atoms with E-state index in [4.69, 9.17) is 4.74 Å². The van der Waals surface area contributed by atoms with Gasteiger partial charge in [-0.1, -0.05) is 12.1 Å². The van der Waals surface area contributed by atoms with Crippen LogP contribution in [0.25, 0.3) is 0 Å². The van der Waals surface area contributed by atoms with Crippen molar-refractivity contribution in [1.82, 2.24) is 20.9 Å². The number of amides is 1. The zero-order chi connectivity index (χ0) is 17.9. The number of carbonyl (C=O) groups excluding carboxylic acids is 1.